The summed E-state index contributed by atoms with van der Waals surface area (Å²) in [5.74, 6) is -4.62. The summed E-state index contributed by atoms with van der Waals surface area (Å²) in [6.45, 7) is 25.5. The van der Waals surface area contributed by atoms with Crippen LogP contribution in [0.15, 0.2) is 12.4 Å². The van der Waals surface area contributed by atoms with Crippen molar-refractivity contribution in [2.75, 3.05) is 62.8 Å². The normalized spacial score (nSPS) is 26.2. The van der Waals surface area contributed by atoms with E-state index >= 15 is 0 Å². The number of aliphatic hydroxyl groups is 1. The fourth-order valence-electron chi connectivity index (χ4n) is 12.3. The predicted molar refractivity (Wildman–Crippen MR) is 338 cm³/mol. The van der Waals surface area contributed by atoms with E-state index in [0.717, 1.165) is 51.4 Å². The SMILES string of the molecule is CCOC(=O)C(OC[C@H]1O[C@@H](n2ncc3c(N(C(=O)OC(C)(C)C)C4CCCC4)nc(Cl)nc32)[C@@H]2OC(C)(C)O[C@@H]21)P(C)(=O)OCC.CCOP(C)(=O)C(CO)OC[C@H]1O[C@@H](n2ncc3c(N(C(=O)OC(C)(C)C)C4CCCC4)nc(Cl)nc32)[C@@H]2OC(C)(C)O[C@@H]21.[B].[H-].[Li+]. The number of rotatable bonds is 21. The van der Waals surface area contributed by atoms with E-state index < -0.39 is 123 Å². The van der Waals surface area contributed by atoms with Crippen LogP contribution < -0.4 is 28.7 Å². The summed E-state index contributed by atoms with van der Waals surface area (Å²) >= 11 is 13.0. The predicted octanol–water partition coefficient (Wildman–Crippen LogP) is 7.03. The summed E-state index contributed by atoms with van der Waals surface area (Å²) in [5, 5.41) is 19.9. The first-order valence-electron chi connectivity index (χ1n) is 31.0. The molecule has 29 nitrogen and oxygen atoms in total. The summed E-state index contributed by atoms with van der Waals surface area (Å²) in [4.78, 5) is 61.0. The Morgan fingerprint density at radius 2 is 1.04 bits per heavy atom. The number of carbonyl (C=O) groups is 3. The Balaban J connectivity index is 0.000000289. The number of halogens is 2. The van der Waals surface area contributed by atoms with Crippen LogP contribution in [0.3, 0.4) is 0 Å². The van der Waals surface area contributed by atoms with Crippen molar-refractivity contribution in [2.24, 2.45) is 0 Å². The Kier molecular flexibility index (Phi) is 25.3. The fraction of sp³-hybridized carbons (Fsp3) is 0.776. The monoisotopic (exact) mass is 1380 g/mol. The van der Waals surface area contributed by atoms with Gasteiger partial charge < -0.3 is 67.7 Å². The third-order valence-corrected chi connectivity index (χ3v) is 20.2. The molecule has 8 heterocycles. The van der Waals surface area contributed by atoms with E-state index in [1.807, 2.05) is 41.5 Å². The minimum Gasteiger partial charge on any atom is -1.00 e. The van der Waals surface area contributed by atoms with Crippen molar-refractivity contribution >= 4 is 98.2 Å². The zero-order valence-corrected chi connectivity index (χ0v) is 59.3. The van der Waals surface area contributed by atoms with E-state index in [0.29, 0.717) is 27.9 Å². The number of ether oxygens (including phenoxy) is 11. The van der Waals surface area contributed by atoms with Gasteiger partial charge in [-0.2, -0.15) is 30.1 Å². The van der Waals surface area contributed by atoms with Gasteiger partial charge >= 0.3 is 37.0 Å². The average molecular weight is 1380 g/mol. The molecule has 0 bridgehead atoms. The molecule has 10 rings (SSSR count). The molecule has 513 valence electrons. The third kappa shape index (κ3) is 17.6. The zero-order valence-electron chi connectivity index (χ0n) is 57.0. The summed E-state index contributed by atoms with van der Waals surface area (Å²) in [6, 6.07) is -0.254. The molecule has 6 aliphatic rings. The molecule has 1 N–H and O–H groups in total. The molecule has 4 saturated heterocycles. The van der Waals surface area contributed by atoms with Gasteiger partial charge in [0, 0.05) is 33.8 Å². The zero-order chi connectivity index (χ0) is 66.3. The molecule has 4 aromatic rings. The van der Waals surface area contributed by atoms with Gasteiger partial charge in [0.25, 0.3) is 0 Å². The number of nitrogens with zero attached hydrogens (tertiary/aromatic N) is 10. The summed E-state index contributed by atoms with van der Waals surface area (Å²) < 4.78 is 106. The van der Waals surface area contributed by atoms with Crippen LogP contribution in [0.25, 0.3) is 22.1 Å². The molecule has 4 aromatic heterocycles. The minimum atomic E-state index is -3.56. The van der Waals surface area contributed by atoms with Crippen LogP contribution in [0.4, 0.5) is 21.2 Å². The van der Waals surface area contributed by atoms with Gasteiger partial charge in [-0.3, -0.25) is 18.9 Å². The first kappa shape index (κ1) is 76.7. The molecule has 0 aromatic carbocycles. The summed E-state index contributed by atoms with van der Waals surface area (Å²) in [7, 11) is -6.81. The number of hydrogen-bond donors (Lipinski definition) is 1. The molecule has 93 heavy (non-hydrogen) atoms. The van der Waals surface area contributed by atoms with E-state index in [1.165, 1.54) is 18.0 Å². The van der Waals surface area contributed by atoms with Gasteiger partial charge in [0.05, 0.1) is 62.8 Å². The summed E-state index contributed by atoms with van der Waals surface area (Å²) in [6.07, 6.45) is 3.47. The van der Waals surface area contributed by atoms with Crippen LogP contribution in [0.1, 0.15) is 155 Å². The van der Waals surface area contributed by atoms with E-state index in [-0.39, 0.29) is 90.2 Å². The molecule has 2 saturated carbocycles. The number of aliphatic hydroxyl groups excluding tert-OH is 1. The molecular formula is C58H89BCl2LiN10O19P2. The van der Waals surface area contributed by atoms with Crippen LogP contribution >= 0.6 is 37.9 Å². The van der Waals surface area contributed by atoms with Crippen molar-refractivity contribution in [2.45, 2.75) is 237 Å². The maximum absolute atomic E-state index is 13.6. The molecule has 35 heteroatoms. The van der Waals surface area contributed by atoms with Crippen LogP contribution in [-0.4, -0.2) is 207 Å². The van der Waals surface area contributed by atoms with Crippen LogP contribution in [0.2, 0.25) is 10.6 Å². The number of anilines is 2. The molecule has 2 amide bonds. The van der Waals surface area contributed by atoms with Gasteiger partial charge in [-0.1, -0.05) is 25.7 Å². The molecular weight excluding hydrogens is 1290 g/mol. The van der Waals surface area contributed by atoms with E-state index in [9.17, 15) is 28.6 Å². The van der Waals surface area contributed by atoms with Crippen molar-refractivity contribution in [3.63, 3.8) is 0 Å². The van der Waals surface area contributed by atoms with Crippen molar-refractivity contribution in [3.8, 4) is 0 Å². The standard InChI is InChI=1S/C30H45ClN5O10P.C28H43ClN5O9P.B.Li.H/c1-9-40-25(37)26(47(8,39)42-10-2)41-16-19-20-21(45-30(6,7)44-20)24(43-19)36-23-18(15-32-36)22(33-27(31)34-23)35(17-13-11-12-14-17)28(38)46-29(3,4)5;1-8-39-44(7,37)19(14-35)38-15-18-20-21(42-28(5,6)41-20)24(40-18)34-23-17(13-30-34)22(31-25(29)32-23)33(16-11-9-10-12-16)26(36)43-27(2,3)4;;;/h15,17,19-21,24,26H,9-14,16H2,1-8H3;13,16,18-21,24,35H,8-12,14-15H2,1-7H3;;;/q;;;+1;-1/t19-,20-,21-,24-,26?,47?;18-,19?,20-,21-,24-,44?;;;/m11.../s1. The first-order valence-corrected chi connectivity index (χ1v) is 36.0. The molecule has 6 fully saturated rings. The quantitative estimate of drug-likeness (QED) is 0.0288. The van der Waals surface area contributed by atoms with Gasteiger partial charge in [-0.25, -0.2) is 23.7 Å². The molecule has 12 atom stereocenters. The van der Waals surface area contributed by atoms with Crippen molar-refractivity contribution in [1.82, 2.24) is 39.5 Å². The Labute approximate surface area is 567 Å². The van der Waals surface area contributed by atoms with Crippen LogP contribution in [0.5, 0.6) is 0 Å². The van der Waals surface area contributed by atoms with E-state index in [1.54, 1.807) is 75.3 Å². The largest absolute Gasteiger partial charge is 1.00 e. The van der Waals surface area contributed by atoms with Gasteiger partial charge in [-0.05, 0) is 139 Å². The third-order valence-electron chi connectivity index (χ3n) is 15.8. The molecule has 4 aliphatic heterocycles. The second-order valence-electron chi connectivity index (χ2n) is 26.2. The van der Waals surface area contributed by atoms with Gasteiger partial charge in [0.15, 0.2) is 52.8 Å². The first-order chi connectivity index (χ1) is 42.7. The van der Waals surface area contributed by atoms with Crippen molar-refractivity contribution < 1.29 is 110 Å². The molecule has 4 unspecified atom stereocenters. The molecule has 0 spiro atoms. The fourth-order valence-corrected chi connectivity index (χ4v) is 15.4. The number of aromatic nitrogens is 8. The maximum Gasteiger partial charge on any atom is 1.00 e. The number of carbonyl (C=O) groups excluding carboxylic acids is 3. The van der Waals surface area contributed by atoms with Gasteiger partial charge in [-0.15, -0.1) is 0 Å². The second kappa shape index (κ2) is 30.6. The number of esters is 1. The molecule has 2 aliphatic carbocycles. The Hall–Kier alpha value is -3.63. The van der Waals surface area contributed by atoms with Crippen LogP contribution in [-0.2, 0) is 75.1 Å². The Morgan fingerprint density at radius 3 is 1.42 bits per heavy atom. The Morgan fingerprint density at radius 1 is 0.656 bits per heavy atom. The Bertz CT molecular complexity index is 3360. The summed E-state index contributed by atoms with van der Waals surface area (Å²) in [5.41, 5.74) is -0.796. The topological polar surface area (TPSA) is 319 Å². The van der Waals surface area contributed by atoms with Gasteiger partial charge in [0.2, 0.25) is 31.1 Å². The van der Waals surface area contributed by atoms with Crippen molar-refractivity contribution in [3.05, 3.63) is 23.0 Å². The van der Waals surface area contributed by atoms with Gasteiger partial charge in [0.1, 0.15) is 47.8 Å². The smallest absolute Gasteiger partial charge is 1.00 e. The maximum atomic E-state index is 13.6. The van der Waals surface area contributed by atoms with E-state index in [2.05, 4.69) is 30.1 Å². The minimum absolute atomic E-state index is 0. The van der Waals surface area contributed by atoms with Crippen LogP contribution in [0, 0.1) is 0 Å². The average Bonchev–Trinajstić information content (AvgIpc) is 1.58. The molecule has 3 radical (unpaired) electrons. The van der Waals surface area contributed by atoms with Crippen molar-refractivity contribution in [1.29, 1.82) is 0 Å². The second-order valence-corrected chi connectivity index (χ2v) is 32.1. The number of hydrogen-bond acceptors (Lipinski definition) is 25. The number of fused-ring (bicyclic) bond motifs is 4. The number of amides is 2. The van der Waals surface area contributed by atoms with E-state index in [4.69, 9.17) is 84.4 Å².